The number of H-pyrrole nitrogens is 1. The van der Waals surface area contributed by atoms with Crippen LogP contribution in [0.2, 0.25) is 5.02 Å². The molecule has 3 aromatic heterocycles. The maximum absolute atomic E-state index is 12.7. The lowest BCUT2D eigenvalue weighted by Gasteiger charge is -2.04. The van der Waals surface area contributed by atoms with E-state index in [2.05, 4.69) is 20.3 Å². The highest BCUT2D eigenvalue weighted by Crippen LogP contribution is 2.24. The summed E-state index contributed by atoms with van der Waals surface area (Å²) in [5.41, 5.74) is 1.27. The number of nitrogens with one attached hydrogen (secondary N) is 2. The van der Waals surface area contributed by atoms with E-state index < -0.39 is 11.5 Å². The van der Waals surface area contributed by atoms with Gasteiger partial charge in [-0.2, -0.15) is 0 Å². The third-order valence-electron chi connectivity index (χ3n) is 3.97. The first kappa shape index (κ1) is 15.4. The fourth-order valence-corrected chi connectivity index (χ4v) is 2.94. The van der Waals surface area contributed by atoms with Crippen molar-refractivity contribution < 1.29 is 9.21 Å². The van der Waals surface area contributed by atoms with Gasteiger partial charge in [-0.05, 0) is 25.1 Å². The Morgan fingerprint density at radius 1 is 1.40 bits per heavy atom. The van der Waals surface area contributed by atoms with Crippen molar-refractivity contribution in [3.05, 3.63) is 51.2 Å². The summed E-state index contributed by atoms with van der Waals surface area (Å²) in [7, 11) is 1.77. The molecule has 2 N–H and O–H groups in total. The van der Waals surface area contributed by atoms with Crippen LogP contribution in [0.4, 0.5) is 5.95 Å². The largest absolute Gasteiger partial charge is 0.442 e. The summed E-state index contributed by atoms with van der Waals surface area (Å²) in [4.78, 5) is 35.5. The third kappa shape index (κ3) is 2.38. The number of anilines is 1. The molecular formula is C16H12ClN5O3. The van der Waals surface area contributed by atoms with E-state index in [0.29, 0.717) is 22.2 Å². The Hall–Kier alpha value is -3.13. The maximum atomic E-state index is 12.7. The Morgan fingerprint density at radius 2 is 2.20 bits per heavy atom. The van der Waals surface area contributed by atoms with E-state index in [-0.39, 0.29) is 16.7 Å². The van der Waals surface area contributed by atoms with Crippen molar-refractivity contribution in [3.8, 4) is 0 Å². The summed E-state index contributed by atoms with van der Waals surface area (Å²) in [6, 6.07) is 5.27. The lowest BCUT2D eigenvalue weighted by Crippen LogP contribution is -2.18. The quantitative estimate of drug-likeness (QED) is 0.573. The van der Waals surface area contributed by atoms with Crippen molar-refractivity contribution in [2.75, 3.05) is 5.32 Å². The molecule has 0 aliphatic rings. The molecule has 25 heavy (non-hydrogen) atoms. The number of imidazole rings is 1. The topological polar surface area (TPSA) is 106 Å². The van der Waals surface area contributed by atoms with Gasteiger partial charge >= 0.3 is 0 Å². The van der Waals surface area contributed by atoms with E-state index in [0.717, 1.165) is 5.52 Å². The Bertz CT molecular complexity index is 1200. The predicted octanol–water partition coefficient (Wildman–Crippen LogP) is 2.62. The molecular weight excluding hydrogens is 346 g/mol. The molecule has 0 saturated heterocycles. The molecule has 1 aromatic carbocycles. The van der Waals surface area contributed by atoms with Gasteiger partial charge in [0.15, 0.2) is 0 Å². The Kier molecular flexibility index (Phi) is 3.36. The number of aromatic nitrogens is 4. The number of carbonyl (C=O) groups is 1. The highest BCUT2D eigenvalue weighted by atomic mass is 35.5. The van der Waals surface area contributed by atoms with Crippen LogP contribution in [0.5, 0.6) is 0 Å². The minimum Gasteiger partial charge on any atom is -0.442 e. The molecule has 0 fully saturated rings. The monoisotopic (exact) mass is 357 g/mol. The van der Waals surface area contributed by atoms with Crippen LogP contribution in [0, 0.1) is 6.92 Å². The van der Waals surface area contributed by atoms with Gasteiger partial charge in [-0.1, -0.05) is 11.6 Å². The van der Waals surface area contributed by atoms with Gasteiger partial charge in [0, 0.05) is 12.1 Å². The van der Waals surface area contributed by atoms with Gasteiger partial charge in [0.05, 0.1) is 22.9 Å². The first-order valence-corrected chi connectivity index (χ1v) is 7.73. The molecule has 126 valence electrons. The van der Waals surface area contributed by atoms with Crippen LogP contribution in [0.15, 0.2) is 33.7 Å². The van der Waals surface area contributed by atoms with E-state index in [4.69, 9.17) is 16.0 Å². The number of hydrogen-bond acceptors (Lipinski definition) is 5. The maximum Gasteiger partial charge on any atom is 0.262 e. The van der Waals surface area contributed by atoms with Crippen molar-refractivity contribution in [1.29, 1.82) is 0 Å². The average Bonchev–Trinajstić information content (AvgIpc) is 3.05. The smallest absolute Gasteiger partial charge is 0.262 e. The molecule has 4 rings (SSSR count). The van der Waals surface area contributed by atoms with Crippen LogP contribution in [0.25, 0.3) is 22.1 Å². The van der Waals surface area contributed by atoms with E-state index in [1.165, 1.54) is 6.33 Å². The second-order valence-corrected chi connectivity index (χ2v) is 5.96. The number of amides is 1. The number of furan rings is 1. The van der Waals surface area contributed by atoms with E-state index in [9.17, 15) is 9.59 Å². The second-order valence-electron chi connectivity index (χ2n) is 5.53. The second kappa shape index (κ2) is 5.45. The number of halogens is 1. The highest BCUT2D eigenvalue weighted by molar-refractivity contribution is 6.31. The molecule has 0 radical (unpaired) electrons. The Labute approximate surface area is 145 Å². The Balaban J connectivity index is 1.80. The molecule has 8 nitrogen and oxygen atoms in total. The van der Waals surface area contributed by atoms with Gasteiger partial charge in [-0.3, -0.25) is 14.9 Å². The molecule has 1 amide bonds. The minimum atomic E-state index is -0.501. The number of carbonyl (C=O) groups excluding carboxylic acids is 1. The molecule has 4 aromatic rings. The summed E-state index contributed by atoms with van der Waals surface area (Å²) in [5, 5.41) is 3.37. The summed E-state index contributed by atoms with van der Waals surface area (Å²) >= 11 is 5.98. The molecule has 0 saturated carbocycles. The lowest BCUT2D eigenvalue weighted by atomic mass is 10.2. The number of aromatic amines is 1. The molecule has 0 aliphatic heterocycles. The predicted molar refractivity (Wildman–Crippen MR) is 93.0 cm³/mol. The number of hydrogen-bond donors (Lipinski definition) is 2. The normalized spacial score (nSPS) is 11.3. The van der Waals surface area contributed by atoms with Gasteiger partial charge in [0.2, 0.25) is 11.7 Å². The first-order valence-electron chi connectivity index (χ1n) is 7.36. The zero-order chi connectivity index (χ0) is 17.7. The molecule has 0 spiro atoms. The average molecular weight is 358 g/mol. The van der Waals surface area contributed by atoms with Crippen LogP contribution < -0.4 is 10.9 Å². The van der Waals surface area contributed by atoms with Crippen molar-refractivity contribution >= 4 is 45.6 Å². The lowest BCUT2D eigenvalue weighted by molar-refractivity contribution is 0.102. The van der Waals surface area contributed by atoms with Crippen LogP contribution in [-0.2, 0) is 7.05 Å². The first-order chi connectivity index (χ1) is 12.0. The molecule has 0 atom stereocenters. The fourth-order valence-electron chi connectivity index (χ4n) is 2.78. The number of rotatable bonds is 2. The number of benzene rings is 1. The number of aryl methyl sites for hydroxylation is 2. The molecule has 9 heteroatoms. The minimum absolute atomic E-state index is 0.110. The highest BCUT2D eigenvalue weighted by Gasteiger charge is 2.23. The zero-order valence-electron chi connectivity index (χ0n) is 13.3. The SMILES string of the molecule is Cc1oc2nc[nH]c(=O)c2c1C(=O)Nc1nc2cc(Cl)ccc2n1C. The van der Waals surface area contributed by atoms with Gasteiger partial charge in [-0.25, -0.2) is 9.97 Å². The van der Waals surface area contributed by atoms with Gasteiger partial charge in [0.25, 0.3) is 11.5 Å². The molecule has 0 aliphatic carbocycles. The zero-order valence-corrected chi connectivity index (χ0v) is 14.0. The Morgan fingerprint density at radius 3 is 3.00 bits per heavy atom. The van der Waals surface area contributed by atoms with Crippen molar-refractivity contribution in [1.82, 2.24) is 19.5 Å². The van der Waals surface area contributed by atoms with Crippen LogP contribution in [-0.4, -0.2) is 25.4 Å². The summed E-state index contributed by atoms with van der Waals surface area (Å²) in [6.07, 6.45) is 1.23. The molecule has 3 heterocycles. The van der Waals surface area contributed by atoms with Crippen molar-refractivity contribution in [2.24, 2.45) is 7.05 Å². The van der Waals surface area contributed by atoms with Gasteiger partial charge in [0.1, 0.15) is 11.1 Å². The van der Waals surface area contributed by atoms with Crippen LogP contribution in [0.3, 0.4) is 0 Å². The van der Waals surface area contributed by atoms with Crippen LogP contribution >= 0.6 is 11.6 Å². The summed E-state index contributed by atoms with van der Waals surface area (Å²) < 4.78 is 7.13. The fraction of sp³-hybridized carbons (Fsp3) is 0.125. The van der Waals surface area contributed by atoms with E-state index in [1.54, 1.807) is 30.7 Å². The molecule has 0 bridgehead atoms. The van der Waals surface area contributed by atoms with E-state index in [1.807, 2.05) is 6.07 Å². The number of nitrogens with zero attached hydrogens (tertiary/aromatic N) is 3. The van der Waals surface area contributed by atoms with Gasteiger partial charge in [-0.15, -0.1) is 0 Å². The third-order valence-corrected chi connectivity index (χ3v) is 4.20. The standard InChI is InChI=1S/C16H12ClN5O3/c1-7-11(12-13(23)18-6-19-15(12)25-7)14(24)21-16-20-9-5-8(17)3-4-10(9)22(16)2/h3-6H,1-2H3,(H,18,19,23)(H,20,21,24). The van der Waals surface area contributed by atoms with Crippen molar-refractivity contribution in [3.63, 3.8) is 0 Å². The van der Waals surface area contributed by atoms with E-state index >= 15 is 0 Å². The summed E-state index contributed by atoms with van der Waals surface area (Å²) in [6.45, 7) is 1.60. The van der Waals surface area contributed by atoms with Crippen molar-refractivity contribution in [2.45, 2.75) is 6.92 Å². The van der Waals surface area contributed by atoms with Crippen LogP contribution in [0.1, 0.15) is 16.1 Å². The van der Waals surface area contributed by atoms with Gasteiger partial charge < -0.3 is 14.0 Å². The molecule has 0 unspecified atom stereocenters. The summed E-state index contributed by atoms with van der Waals surface area (Å²) in [5.74, 6) is 0.133. The number of fused-ring (bicyclic) bond motifs is 2.